The Morgan fingerprint density at radius 3 is 2.18 bits per heavy atom. The molecule has 0 saturated carbocycles. The lowest BCUT2D eigenvalue weighted by molar-refractivity contribution is -0.155. The number of hydrogen-bond acceptors (Lipinski definition) is 4. The van der Waals surface area contributed by atoms with Gasteiger partial charge in [-0.1, -0.05) is 90.5 Å². The van der Waals surface area contributed by atoms with Crippen LogP contribution in [0.5, 0.6) is 0 Å². The molecule has 0 radical (unpaired) electrons. The van der Waals surface area contributed by atoms with Crippen molar-refractivity contribution in [2.75, 3.05) is 0 Å². The van der Waals surface area contributed by atoms with Crippen molar-refractivity contribution < 1.29 is 19.1 Å². The van der Waals surface area contributed by atoms with Crippen LogP contribution in [0.1, 0.15) is 16.7 Å². The van der Waals surface area contributed by atoms with Crippen molar-refractivity contribution in [1.82, 2.24) is 4.90 Å². The van der Waals surface area contributed by atoms with E-state index in [1.807, 2.05) is 60.7 Å². The summed E-state index contributed by atoms with van der Waals surface area (Å²) < 4.78 is 5.70. The monoisotopic (exact) mass is 455 g/mol. The quantitative estimate of drug-likeness (QED) is 0.326. The third-order valence-electron chi connectivity index (χ3n) is 5.75. The predicted molar refractivity (Wildman–Crippen MR) is 125 cm³/mol. The molecule has 1 atom stereocenters. The molecule has 162 valence electrons. The van der Waals surface area contributed by atoms with Crippen LogP contribution in [-0.4, -0.2) is 28.3 Å². The molecule has 1 saturated heterocycles. The zero-order valence-corrected chi connectivity index (χ0v) is 18.2. The number of amides is 2. The summed E-state index contributed by atoms with van der Waals surface area (Å²) in [6, 6.07) is 25.2. The highest BCUT2D eigenvalue weighted by Crippen LogP contribution is 2.49. The van der Waals surface area contributed by atoms with E-state index in [4.69, 9.17) is 16.3 Å². The predicted octanol–water partition coefficient (Wildman–Crippen LogP) is 4.67. The van der Waals surface area contributed by atoms with E-state index >= 15 is 0 Å². The summed E-state index contributed by atoms with van der Waals surface area (Å²) in [5.41, 5.74) is 0.385. The molecular weight excluding hydrogens is 438 g/mol. The molecule has 0 N–H and O–H groups in total. The van der Waals surface area contributed by atoms with E-state index in [2.05, 4.69) is 0 Å². The molecule has 33 heavy (non-hydrogen) atoms. The second-order valence-electron chi connectivity index (χ2n) is 7.79. The minimum atomic E-state index is -1.90. The van der Waals surface area contributed by atoms with E-state index in [-0.39, 0.29) is 17.7 Å². The van der Waals surface area contributed by atoms with Gasteiger partial charge in [0.05, 0.1) is 12.1 Å². The number of hydrogen-bond donors (Lipinski definition) is 0. The molecule has 5 rings (SSSR count). The van der Waals surface area contributed by atoms with Crippen molar-refractivity contribution in [1.29, 1.82) is 0 Å². The highest BCUT2D eigenvalue weighted by Gasteiger charge is 2.63. The number of ether oxygens (including phenoxy) is 1. The number of carbonyl (C=O) groups excluding carboxylic acids is 3. The fourth-order valence-corrected chi connectivity index (χ4v) is 4.48. The molecule has 1 fully saturated rings. The SMILES string of the molecule is O=C1C=C(c2ccccc2Cl)C2(O1)C(=O)N(Cc1ccccc1)C(=O)/C2=C\c1ccccc1. The molecule has 2 heterocycles. The van der Waals surface area contributed by atoms with Crippen LogP contribution >= 0.6 is 11.6 Å². The molecule has 0 aliphatic carbocycles. The number of rotatable bonds is 4. The Morgan fingerprint density at radius 1 is 0.848 bits per heavy atom. The third-order valence-corrected chi connectivity index (χ3v) is 6.08. The van der Waals surface area contributed by atoms with Crippen molar-refractivity contribution in [3.8, 4) is 0 Å². The largest absolute Gasteiger partial charge is 0.435 e. The molecule has 2 amide bonds. The Balaban J connectivity index is 1.70. The van der Waals surface area contributed by atoms with Gasteiger partial charge in [0.25, 0.3) is 11.8 Å². The van der Waals surface area contributed by atoms with E-state index in [0.717, 1.165) is 10.5 Å². The third kappa shape index (κ3) is 3.47. The van der Waals surface area contributed by atoms with Gasteiger partial charge in [0.1, 0.15) is 0 Å². The lowest BCUT2D eigenvalue weighted by Gasteiger charge is -2.26. The number of esters is 1. The number of halogens is 1. The van der Waals surface area contributed by atoms with E-state index in [0.29, 0.717) is 16.1 Å². The van der Waals surface area contributed by atoms with E-state index in [9.17, 15) is 14.4 Å². The molecule has 3 aromatic carbocycles. The first-order valence-corrected chi connectivity index (χ1v) is 10.8. The minimum absolute atomic E-state index is 0.0553. The van der Waals surface area contributed by atoms with Gasteiger partial charge in [-0.15, -0.1) is 0 Å². The second-order valence-corrected chi connectivity index (χ2v) is 8.20. The van der Waals surface area contributed by atoms with Crippen LogP contribution in [0.2, 0.25) is 5.02 Å². The Bertz CT molecular complexity index is 1330. The van der Waals surface area contributed by atoms with Crippen LogP contribution in [0.15, 0.2) is 96.6 Å². The Hall–Kier alpha value is -3.96. The summed E-state index contributed by atoms with van der Waals surface area (Å²) in [7, 11) is 0. The number of benzene rings is 3. The molecule has 5 nitrogen and oxygen atoms in total. The van der Waals surface area contributed by atoms with Crippen LogP contribution < -0.4 is 0 Å². The van der Waals surface area contributed by atoms with Gasteiger partial charge in [0.2, 0.25) is 5.60 Å². The number of imide groups is 1. The van der Waals surface area contributed by atoms with Crippen molar-refractivity contribution in [2.24, 2.45) is 0 Å². The molecule has 1 spiro atoms. The van der Waals surface area contributed by atoms with Gasteiger partial charge in [-0.25, -0.2) is 4.79 Å². The highest BCUT2D eigenvalue weighted by atomic mass is 35.5. The van der Waals surface area contributed by atoms with Crippen LogP contribution in [0, 0.1) is 0 Å². The standard InChI is InChI=1S/C27H18ClNO4/c28-23-14-8-7-13-20(23)21-16-24(30)33-27(21)22(15-18-9-3-1-4-10-18)25(31)29(26(27)32)17-19-11-5-2-6-12-19/h1-16H,17H2/b22-15+. The van der Waals surface area contributed by atoms with Crippen LogP contribution in [0.25, 0.3) is 11.6 Å². The molecule has 2 aliphatic rings. The van der Waals surface area contributed by atoms with Crippen LogP contribution in [0.4, 0.5) is 0 Å². The summed E-state index contributed by atoms with van der Waals surface area (Å²) in [4.78, 5) is 41.2. The maximum absolute atomic E-state index is 13.9. The zero-order valence-electron chi connectivity index (χ0n) is 17.4. The molecular formula is C27H18ClNO4. The molecule has 0 bridgehead atoms. The Kier molecular flexibility index (Phi) is 5.19. The van der Waals surface area contributed by atoms with Gasteiger partial charge in [-0.05, 0) is 23.3 Å². The summed E-state index contributed by atoms with van der Waals surface area (Å²) in [5.74, 6) is -1.83. The van der Waals surface area contributed by atoms with Crippen molar-refractivity contribution >= 4 is 41.0 Å². The molecule has 3 aromatic rings. The fraction of sp³-hybridized carbons (Fsp3) is 0.0741. The highest BCUT2D eigenvalue weighted by molar-refractivity contribution is 6.35. The van der Waals surface area contributed by atoms with Gasteiger partial charge in [0.15, 0.2) is 0 Å². The lowest BCUT2D eigenvalue weighted by Crippen LogP contribution is -2.42. The molecule has 1 unspecified atom stereocenters. The smallest absolute Gasteiger partial charge is 0.332 e. The van der Waals surface area contributed by atoms with Crippen molar-refractivity contribution in [3.05, 3.63) is 118 Å². The molecule has 6 heteroatoms. The van der Waals surface area contributed by atoms with Gasteiger partial charge >= 0.3 is 5.97 Å². The van der Waals surface area contributed by atoms with Crippen molar-refractivity contribution in [3.63, 3.8) is 0 Å². The van der Waals surface area contributed by atoms with Gasteiger partial charge < -0.3 is 4.74 Å². The zero-order chi connectivity index (χ0) is 23.0. The summed E-state index contributed by atoms with van der Waals surface area (Å²) >= 11 is 6.43. The fourth-order valence-electron chi connectivity index (χ4n) is 4.24. The van der Waals surface area contributed by atoms with Crippen molar-refractivity contribution in [2.45, 2.75) is 12.1 Å². The van der Waals surface area contributed by atoms with Gasteiger partial charge in [-0.2, -0.15) is 0 Å². The summed E-state index contributed by atoms with van der Waals surface area (Å²) in [5, 5.41) is 0.349. The van der Waals surface area contributed by atoms with E-state index in [1.54, 1.807) is 30.3 Å². The van der Waals surface area contributed by atoms with Gasteiger partial charge in [0, 0.05) is 22.2 Å². The lowest BCUT2D eigenvalue weighted by atomic mass is 9.83. The maximum atomic E-state index is 13.9. The summed E-state index contributed by atoms with van der Waals surface area (Å²) in [6.45, 7) is 0.0553. The first-order valence-electron chi connectivity index (χ1n) is 10.4. The van der Waals surface area contributed by atoms with Crippen LogP contribution in [-0.2, 0) is 25.7 Å². The Labute approximate surface area is 195 Å². The topological polar surface area (TPSA) is 63.7 Å². The molecule has 0 aromatic heterocycles. The van der Waals surface area contributed by atoms with E-state index in [1.165, 1.54) is 6.08 Å². The minimum Gasteiger partial charge on any atom is -0.435 e. The van der Waals surface area contributed by atoms with Gasteiger partial charge in [-0.3, -0.25) is 14.5 Å². The van der Waals surface area contributed by atoms with E-state index < -0.39 is 23.4 Å². The average Bonchev–Trinajstić information content (AvgIpc) is 3.27. The average molecular weight is 456 g/mol. The Morgan fingerprint density at radius 2 is 1.48 bits per heavy atom. The first kappa shape index (κ1) is 20.9. The normalized spacial score (nSPS) is 21.1. The summed E-state index contributed by atoms with van der Waals surface area (Å²) in [6.07, 6.45) is 2.85. The maximum Gasteiger partial charge on any atom is 0.332 e. The first-order chi connectivity index (χ1) is 16.0. The van der Waals surface area contributed by atoms with Crippen LogP contribution in [0.3, 0.4) is 0 Å². The number of carbonyl (C=O) groups is 3. The molecule has 2 aliphatic heterocycles. The number of likely N-dealkylation sites (tertiary alicyclic amines) is 1. The second kappa shape index (κ2) is 8.19. The number of nitrogens with zero attached hydrogens (tertiary/aromatic N) is 1.